The molecule has 0 aromatic heterocycles. The minimum absolute atomic E-state index is 0.628. The van der Waals surface area contributed by atoms with Crippen LogP contribution in [0.25, 0.3) is 0 Å². The van der Waals surface area contributed by atoms with E-state index in [1.54, 1.807) is 0 Å². The second kappa shape index (κ2) is 10.0. The first-order valence-corrected chi connectivity index (χ1v) is 9.23. The van der Waals surface area contributed by atoms with Crippen molar-refractivity contribution in [3.63, 3.8) is 0 Å². The summed E-state index contributed by atoms with van der Waals surface area (Å²) < 4.78 is 0. The molecule has 1 N–H and O–H groups in total. The number of benzene rings is 1. The largest absolute Gasteiger partial charge is 0.314 e. The zero-order valence-electron chi connectivity index (χ0n) is 14.6. The summed E-state index contributed by atoms with van der Waals surface area (Å²) in [5.41, 5.74) is 1.46. The van der Waals surface area contributed by atoms with E-state index in [1.807, 2.05) is 0 Å². The van der Waals surface area contributed by atoms with Gasteiger partial charge < -0.3 is 10.2 Å². The molecular formula is C20H34N2. The van der Waals surface area contributed by atoms with Crippen LogP contribution in [-0.4, -0.2) is 37.1 Å². The van der Waals surface area contributed by atoms with E-state index in [9.17, 15) is 0 Å². The summed E-state index contributed by atoms with van der Waals surface area (Å²) in [5, 5.41) is 3.82. The van der Waals surface area contributed by atoms with Crippen LogP contribution in [0.2, 0.25) is 0 Å². The molecule has 1 aliphatic rings. The minimum atomic E-state index is 0.628. The highest BCUT2D eigenvalue weighted by Gasteiger charge is 2.12. The quantitative estimate of drug-likeness (QED) is 0.654. The van der Waals surface area contributed by atoms with Gasteiger partial charge in [-0.25, -0.2) is 0 Å². The summed E-state index contributed by atoms with van der Waals surface area (Å²) >= 11 is 0. The van der Waals surface area contributed by atoms with Gasteiger partial charge in [-0.2, -0.15) is 0 Å². The number of hydrogen-bond donors (Lipinski definition) is 1. The van der Waals surface area contributed by atoms with Gasteiger partial charge in [-0.05, 0) is 76.2 Å². The second-order valence-corrected chi connectivity index (χ2v) is 7.21. The molecule has 1 fully saturated rings. The molecule has 1 aromatic carbocycles. The van der Waals surface area contributed by atoms with Crippen LogP contribution in [0.4, 0.5) is 0 Å². The predicted octanol–water partition coefficient (Wildman–Crippen LogP) is 4.11. The summed E-state index contributed by atoms with van der Waals surface area (Å²) in [6, 6.07) is 11.6. The average Bonchev–Trinajstić information content (AvgIpc) is 3.03. The monoisotopic (exact) mass is 302 g/mol. The van der Waals surface area contributed by atoms with Gasteiger partial charge in [-0.3, -0.25) is 0 Å². The third kappa shape index (κ3) is 6.93. The molecule has 0 bridgehead atoms. The van der Waals surface area contributed by atoms with Crippen molar-refractivity contribution in [2.24, 2.45) is 5.92 Å². The van der Waals surface area contributed by atoms with Crippen LogP contribution < -0.4 is 5.32 Å². The van der Waals surface area contributed by atoms with Gasteiger partial charge in [0.2, 0.25) is 0 Å². The lowest BCUT2D eigenvalue weighted by Crippen LogP contribution is -2.34. The van der Waals surface area contributed by atoms with Crippen molar-refractivity contribution >= 4 is 0 Å². The molecule has 0 spiro atoms. The Balaban J connectivity index is 1.71. The highest BCUT2D eigenvalue weighted by Crippen LogP contribution is 2.12. The smallest absolute Gasteiger partial charge is 0.0108 e. The normalized spacial score (nSPS) is 17.2. The van der Waals surface area contributed by atoms with E-state index in [0.717, 1.165) is 18.9 Å². The Morgan fingerprint density at radius 3 is 2.45 bits per heavy atom. The molecule has 0 saturated carbocycles. The second-order valence-electron chi connectivity index (χ2n) is 7.21. The zero-order chi connectivity index (χ0) is 15.6. The van der Waals surface area contributed by atoms with Gasteiger partial charge in [0.05, 0.1) is 0 Å². The zero-order valence-corrected chi connectivity index (χ0v) is 14.6. The topological polar surface area (TPSA) is 15.3 Å². The van der Waals surface area contributed by atoms with Gasteiger partial charge in [-0.1, -0.05) is 44.2 Å². The van der Waals surface area contributed by atoms with E-state index in [0.29, 0.717) is 6.04 Å². The van der Waals surface area contributed by atoms with Crippen LogP contribution >= 0.6 is 0 Å². The molecule has 2 nitrogen and oxygen atoms in total. The molecule has 1 unspecified atom stereocenters. The van der Waals surface area contributed by atoms with Gasteiger partial charge in [0.15, 0.2) is 0 Å². The summed E-state index contributed by atoms with van der Waals surface area (Å²) in [4.78, 5) is 2.61. The lowest BCUT2D eigenvalue weighted by Gasteiger charge is -2.21. The first-order chi connectivity index (χ1) is 10.7. The van der Waals surface area contributed by atoms with E-state index >= 15 is 0 Å². The lowest BCUT2D eigenvalue weighted by atomic mass is 9.97. The molecule has 1 atom stereocenters. The standard InChI is InChI=1S/C20H34N2/c1-18(2)11-12-20(17-19-9-4-3-5-10-19)21-13-8-16-22-14-6-7-15-22/h3-5,9-10,18,20-21H,6-8,11-17H2,1-2H3. The Hall–Kier alpha value is -0.860. The van der Waals surface area contributed by atoms with Crippen molar-refractivity contribution in [1.82, 2.24) is 10.2 Å². The van der Waals surface area contributed by atoms with E-state index in [2.05, 4.69) is 54.4 Å². The molecule has 1 aromatic rings. The molecule has 0 amide bonds. The van der Waals surface area contributed by atoms with Gasteiger partial charge in [0, 0.05) is 6.04 Å². The summed E-state index contributed by atoms with van der Waals surface area (Å²) in [5.74, 6) is 0.796. The van der Waals surface area contributed by atoms with E-state index in [1.165, 1.54) is 57.3 Å². The Bertz CT molecular complexity index is 382. The van der Waals surface area contributed by atoms with Crippen LogP contribution in [0.5, 0.6) is 0 Å². The van der Waals surface area contributed by atoms with Crippen LogP contribution in [-0.2, 0) is 6.42 Å². The SMILES string of the molecule is CC(C)CCC(Cc1ccccc1)NCCCN1CCCC1. The number of nitrogens with one attached hydrogen (secondary N) is 1. The molecule has 2 rings (SSSR count). The van der Waals surface area contributed by atoms with Gasteiger partial charge >= 0.3 is 0 Å². The van der Waals surface area contributed by atoms with Crippen molar-refractivity contribution in [2.75, 3.05) is 26.2 Å². The molecule has 0 aliphatic carbocycles. The van der Waals surface area contributed by atoms with Crippen LogP contribution in [0.3, 0.4) is 0 Å². The van der Waals surface area contributed by atoms with Crippen molar-refractivity contribution in [3.05, 3.63) is 35.9 Å². The molecular weight excluding hydrogens is 268 g/mol. The summed E-state index contributed by atoms with van der Waals surface area (Å²) in [6.45, 7) is 9.73. The fourth-order valence-electron chi connectivity index (χ4n) is 3.32. The van der Waals surface area contributed by atoms with E-state index in [-0.39, 0.29) is 0 Å². The average molecular weight is 303 g/mol. The molecule has 1 heterocycles. The Kier molecular flexibility index (Phi) is 7.96. The molecule has 1 saturated heterocycles. The number of nitrogens with zero attached hydrogens (tertiary/aromatic N) is 1. The van der Waals surface area contributed by atoms with Crippen LogP contribution in [0.15, 0.2) is 30.3 Å². The first kappa shape index (κ1) is 17.5. The van der Waals surface area contributed by atoms with Gasteiger partial charge in [0.1, 0.15) is 0 Å². The number of hydrogen-bond acceptors (Lipinski definition) is 2. The van der Waals surface area contributed by atoms with Crippen molar-refractivity contribution < 1.29 is 0 Å². The fraction of sp³-hybridized carbons (Fsp3) is 0.700. The minimum Gasteiger partial charge on any atom is -0.314 e. The third-order valence-corrected chi connectivity index (χ3v) is 4.70. The van der Waals surface area contributed by atoms with E-state index in [4.69, 9.17) is 0 Å². The molecule has 0 radical (unpaired) electrons. The maximum Gasteiger partial charge on any atom is 0.0108 e. The fourth-order valence-corrected chi connectivity index (χ4v) is 3.32. The molecule has 2 heteroatoms. The number of likely N-dealkylation sites (tertiary alicyclic amines) is 1. The number of rotatable bonds is 10. The van der Waals surface area contributed by atoms with Crippen molar-refractivity contribution in [3.8, 4) is 0 Å². The Morgan fingerprint density at radius 2 is 1.77 bits per heavy atom. The molecule has 124 valence electrons. The Labute approximate surface area is 137 Å². The highest BCUT2D eigenvalue weighted by atomic mass is 15.1. The maximum atomic E-state index is 3.82. The van der Waals surface area contributed by atoms with E-state index < -0.39 is 0 Å². The van der Waals surface area contributed by atoms with Gasteiger partial charge in [0.25, 0.3) is 0 Å². The van der Waals surface area contributed by atoms with Gasteiger partial charge in [-0.15, -0.1) is 0 Å². The Morgan fingerprint density at radius 1 is 1.05 bits per heavy atom. The summed E-state index contributed by atoms with van der Waals surface area (Å²) in [6.07, 6.45) is 7.86. The molecule has 22 heavy (non-hydrogen) atoms. The first-order valence-electron chi connectivity index (χ1n) is 9.23. The van der Waals surface area contributed by atoms with Crippen molar-refractivity contribution in [1.29, 1.82) is 0 Å². The van der Waals surface area contributed by atoms with Crippen LogP contribution in [0, 0.1) is 5.92 Å². The van der Waals surface area contributed by atoms with Crippen molar-refractivity contribution in [2.45, 2.75) is 58.4 Å². The maximum absolute atomic E-state index is 3.82. The highest BCUT2D eigenvalue weighted by molar-refractivity contribution is 5.15. The predicted molar refractivity (Wildman–Crippen MR) is 96.3 cm³/mol. The summed E-state index contributed by atoms with van der Waals surface area (Å²) in [7, 11) is 0. The lowest BCUT2D eigenvalue weighted by molar-refractivity contribution is 0.324. The molecule has 1 aliphatic heterocycles. The third-order valence-electron chi connectivity index (χ3n) is 4.70. The van der Waals surface area contributed by atoms with Crippen LogP contribution in [0.1, 0.15) is 51.5 Å².